The van der Waals surface area contributed by atoms with Crippen LogP contribution >= 0.6 is 7.92 Å². The Bertz CT molecular complexity index is 571. The Morgan fingerprint density at radius 1 is 0.810 bits per heavy atom. The summed E-state index contributed by atoms with van der Waals surface area (Å²) in [5, 5.41) is 3.20. The van der Waals surface area contributed by atoms with Gasteiger partial charge in [0.2, 0.25) is 0 Å². The monoisotopic (exact) mass is 294 g/mol. The van der Waals surface area contributed by atoms with E-state index in [-0.39, 0.29) is 13.1 Å². The summed E-state index contributed by atoms with van der Waals surface area (Å²) in [5.41, 5.74) is 1.65. The molecule has 0 spiro atoms. The average Bonchev–Trinajstić information content (AvgIpc) is 3.04. The standard InChI is InChI=1S/C20H23P/c1-20(2,17-11-9-10-12-17)21(18-13-5-3-6-14-18)19-15-7-4-8-16-19/h3-8,11,13-16H,9-10,12H2,1-2H3. The van der Waals surface area contributed by atoms with Crippen LogP contribution in [-0.4, -0.2) is 5.16 Å². The minimum Gasteiger partial charge on any atom is -0.0844 e. The van der Waals surface area contributed by atoms with Gasteiger partial charge in [0.1, 0.15) is 0 Å². The molecule has 0 atom stereocenters. The second kappa shape index (κ2) is 6.16. The molecule has 1 heteroatoms. The Kier molecular flexibility index (Phi) is 4.27. The first kappa shape index (κ1) is 14.5. The van der Waals surface area contributed by atoms with Gasteiger partial charge in [-0.1, -0.05) is 86.2 Å². The van der Waals surface area contributed by atoms with E-state index in [1.165, 1.54) is 29.9 Å². The minimum atomic E-state index is -0.373. The van der Waals surface area contributed by atoms with Crippen molar-refractivity contribution in [2.45, 2.75) is 38.3 Å². The molecular formula is C20H23P. The van der Waals surface area contributed by atoms with E-state index in [1.807, 2.05) is 0 Å². The van der Waals surface area contributed by atoms with E-state index in [0.29, 0.717) is 0 Å². The first-order valence-electron chi connectivity index (χ1n) is 7.79. The third-order valence-corrected chi connectivity index (χ3v) is 7.45. The van der Waals surface area contributed by atoms with Gasteiger partial charge in [0.15, 0.2) is 0 Å². The molecule has 0 heterocycles. The summed E-state index contributed by atoms with van der Waals surface area (Å²) < 4.78 is 0. The second-order valence-electron chi connectivity index (χ2n) is 6.19. The molecule has 1 aliphatic rings. The van der Waals surface area contributed by atoms with Gasteiger partial charge in [0.25, 0.3) is 0 Å². The average molecular weight is 294 g/mol. The maximum absolute atomic E-state index is 2.49. The fourth-order valence-corrected chi connectivity index (χ4v) is 6.34. The Labute approximate surface area is 129 Å². The van der Waals surface area contributed by atoms with Crippen LogP contribution in [0.25, 0.3) is 0 Å². The van der Waals surface area contributed by atoms with Gasteiger partial charge in [-0.2, -0.15) is 0 Å². The van der Waals surface area contributed by atoms with Crippen LogP contribution < -0.4 is 10.6 Å². The van der Waals surface area contributed by atoms with Crippen LogP contribution in [0, 0.1) is 0 Å². The summed E-state index contributed by atoms with van der Waals surface area (Å²) in [4.78, 5) is 0. The molecular weight excluding hydrogens is 271 g/mol. The van der Waals surface area contributed by atoms with Crippen LogP contribution in [0.2, 0.25) is 0 Å². The van der Waals surface area contributed by atoms with E-state index in [4.69, 9.17) is 0 Å². The van der Waals surface area contributed by atoms with Gasteiger partial charge in [0, 0.05) is 5.16 Å². The molecule has 0 radical (unpaired) electrons. The summed E-state index contributed by atoms with van der Waals surface area (Å²) in [6.45, 7) is 4.88. The predicted octanol–water partition coefficient (Wildman–Crippen LogP) is 5.01. The summed E-state index contributed by atoms with van der Waals surface area (Å²) in [6, 6.07) is 22.1. The van der Waals surface area contributed by atoms with Crippen molar-refractivity contribution in [1.82, 2.24) is 0 Å². The van der Waals surface area contributed by atoms with Gasteiger partial charge in [-0.3, -0.25) is 0 Å². The highest BCUT2D eigenvalue weighted by Crippen LogP contribution is 2.53. The molecule has 2 aromatic carbocycles. The minimum absolute atomic E-state index is 0.231. The van der Waals surface area contributed by atoms with E-state index in [9.17, 15) is 0 Å². The molecule has 0 nitrogen and oxygen atoms in total. The number of benzene rings is 2. The highest BCUT2D eigenvalue weighted by atomic mass is 31.1. The third kappa shape index (κ3) is 2.97. The van der Waals surface area contributed by atoms with Crippen LogP contribution in [0.15, 0.2) is 72.3 Å². The maximum Gasteiger partial charge on any atom is 0.0137 e. The molecule has 0 bridgehead atoms. The molecule has 21 heavy (non-hydrogen) atoms. The van der Waals surface area contributed by atoms with Crippen molar-refractivity contribution >= 4 is 18.5 Å². The van der Waals surface area contributed by atoms with Gasteiger partial charge < -0.3 is 0 Å². The Hall–Kier alpha value is -1.39. The largest absolute Gasteiger partial charge is 0.0844 e. The van der Waals surface area contributed by atoms with Crippen LogP contribution in [0.1, 0.15) is 33.1 Å². The highest BCUT2D eigenvalue weighted by Gasteiger charge is 2.35. The normalized spacial score (nSPS) is 15.3. The van der Waals surface area contributed by atoms with Crippen molar-refractivity contribution in [3.63, 3.8) is 0 Å². The second-order valence-corrected chi connectivity index (χ2v) is 9.01. The quantitative estimate of drug-likeness (QED) is 0.549. The van der Waals surface area contributed by atoms with Gasteiger partial charge in [-0.05, 0) is 37.8 Å². The van der Waals surface area contributed by atoms with Crippen LogP contribution in [0.4, 0.5) is 0 Å². The molecule has 0 amide bonds. The highest BCUT2D eigenvalue weighted by molar-refractivity contribution is 7.74. The lowest BCUT2D eigenvalue weighted by Crippen LogP contribution is -2.30. The number of hydrogen-bond acceptors (Lipinski definition) is 0. The van der Waals surface area contributed by atoms with Crippen molar-refractivity contribution < 1.29 is 0 Å². The molecule has 2 aromatic rings. The summed E-state index contributed by atoms with van der Waals surface area (Å²) >= 11 is 0. The van der Waals surface area contributed by atoms with Gasteiger partial charge in [-0.25, -0.2) is 0 Å². The molecule has 0 aliphatic heterocycles. The van der Waals surface area contributed by atoms with Crippen molar-refractivity contribution in [3.8, 4) is 0 Å². The summed E-state index contributed by atoms with van der Waals surface area (Å²) in [6.07, 6.45) is 6.34. The van der Waals surface area contributed by atoms with Gasteiger partial charge in [0.05, 0.1) is 0 Å². The van der Waals surface area contributed by atoms with Crippen LogP contribution in [-0.2, 0) is 0 Å². The third-order valence-electron chi connectivity index (χ3n) is 4.41. The lowest BCUT2D eigenvalue weighted by molar-refractivity contribution is 0.767. The number of hydrogen-bond donors (Lipinski definition) is 0. The first-order valence-corrected chi connectivity index (χ1v) is 9.13. The maximum atomic E-state index is 2.49. The molecule has 0 saturated heterocycles. The number of allylic oxidation sites excluding steroid dienone is 2. The topological polar surface area (TPSA) is 0 Å². The molecule has 1 aliphatic carbocycles. The number of rotatable bonds is 4. The van der Waals surface area contributed by atoms with E-state index < -0.39 is 0 Å². The predicted molar refractivity (Wildman–Crippen MR) is 95.1 cm³/mol. The zero-order valence-corrected chi connectivity index (χ0v) is 13.8. The smallest absolute Gasteiger partial charge is 0.0137 e. The molecule has 0 saturated carbocycles. The Balaban J connectivity index is 2.08. The summed E-state index contributed by atoms with van der Waals surface area (Å²) in [5.74, 6) is 0. The zero-order valence-electron chi connectivity index (χ0n) is 12.9. The lowest BCUT2D eigenvalue weighted by atomic mass is 10.0. The van der Waals surface area contributed by atoms with Gasteiger partial charge in [-0.15, -0.1) is 0 Å². The van der Waals surface area contributed by atoms with Crippen molar-refractivity contribution in [2.75, 3.05) is 0 Å². The lowest BCUT2D eigenvalue weighted by Gasteiger charge is -2.37. The van der Waals surface area contributed by atoms with E-state index >= 15 is 0 Å². The van der Waals surface area contributed by atoms with Gasteiger partial charge >= 0.3 is 0 Å². The molecule has 108 valence electrons. The molecule has 0 fully saturated rings. The first-order chi connectivity index (χ1) is 10.2. The fraction of sp³-hybridized carbons (Fsp3) is 0.300. The van der Waals surface area contributed by atoms with Crippen LogP contribution in [0.5, 0.6) is 0 Å². The van der Waals surface area contributed by atoms with E-state index in [0.717, 1.165) is 0 Å². The van der Waals surface area contributed by atoms with Crippen molar-refractivity contribution in [3.05, 3.63) is 72.3 Å². The Morgan fingerprint density at radius 2 is 1.33 bits per heavy atom. The summed E-state index contributed by atoms with van der Waals surface area (Å²) in [7, 11) is -0.373. The molecule has 0 aromatic heterocycles. The van der Waals surface area contributed by atoms with Crippen LogP contribution in [0.3, 0.4) is 0 Å². The fourth-order valence-electron chi connectivity index (χ4n) is 3.32. The molecule has 0 N–H and O–H groups in total. The molecule has 3 rings (SSSR count). The van der Waals surface area contributed by atoms with E-state index in [2.05, 4.69) is 80.6 Å². The van der Waals surface area contributed by atoms with Crippen molar-refractivity contribution in [2.24, 2.45) is 0 Å². The molecule has 0 unspecified atom stereocenters. The van der Waals surface area contributed by atoms with Crippen molar-refractivity contribution in [1.29, 1.82) is 0 Å². The zero-order chi connectivity index (χ0) is 14.7. The van der Waals surface area contributed by atoms with E-state index in [1.54, 1.807) is 5.57 Å². The SMILES string of the molecule is CC(C)(C1=CCCC1)P(c1ccccc1)c1ccccc1. The Morgan fingerprint density at radius 3 is 1.76 bits per heavy atom.